The van der Waals surface area contributed by atoms with E-state index in [4.69, 9.17) is 5.11 Å². The van der Waals surface area contributed by atoms with Crippen molar-refractivity contribution in [1.82, 2.24) is 10.6 Å². The largest absolute Gasteiger partial charge is 0.481 e. The zero-order chi connectivity index (χ0) is 13.9. The molecule has 0 bridgehead atoms. The van der Waals surface area contributed by atoms with Crippen LogP contribution in [0.1, 0.15) is 51.9 Å². The van der Waals surface area contributed by atoms with Crippen LogP contribution in [0.15, 0.2) is 0 Å². The van der Waals surface area contributed by atoms with Crippen LogP contribution in [0, 0.1) is 5.92 Å². The minimum atomic E-state index is -0.819. The van der Waals surface area contributed by atoms with E-state index in [0.29, 0.717) is 6.04 Å². The second-order valence-electron chi connectivity index (χ2n) is 6.12. The monoisotopic (exact) mass is 268 g/mol. The second kappa shape index (κ2) is 5.90. The molecule has 5 heteroatoms. The number of rotatable bonds is 4. The lowest BCUT2D eigenvalue weighted by Crippen LogP contribution is -2.52. The maximum absolute atomic E-state index is 12.4. The van der Waals surface area contributed by atoms with Crippen molar-refractivity contribution in [3.63, 3.8) is 0 Å². The van der Waals surface area contributed by atoms with Crippen LogP contribution in [0.5, 0.6) is 0 Å². The van der Waals surface area contributed by atoms with Crippen molar-refractivity contribution in [3.8, 4) is 0 Å². The first-order chi connectivity index (χ1) is 9.01. The summed E-state index contributed by atoms with van der Waals surface area (Å²) in [5.74, 6) is -0.736. The van der Waals surface area contributed by atoms with Gasteiger partial charge in [-0.25, -0.2) is 0 Å². The number of carboxylic acids is 1. The van der Waals surface area contributed by atoms with E-state index in [1.807, 2.05) is 0 Å². The summed E-state index contributed by atoms with van der Waals surface area (Å²) < 4.78 is 0. The Kier molecular flexibility index (Phi) is 4.45. The molecule has 2 atom stereocenters. The van der Waals surface area contributed by atoms with Crippen molar-refractivity contribution in [3.05, 3.63) is 0 Å². The third kappa shape index (κ3) is 3.69. The Morgan fingerprint density at radius 1 is 1.37 bits per heavy atom. The second-order valence-corrected chi connectivity index (χ2v) is 6.12. The van der Waals surface area contributed by atoms with Crippen molar-refractivity contribution in [2.45, 2.75) is 63.5 Å². The van der Waals surface area contributed by atoms with Gasteiger partial charge < -0.3 is 15.7 Å². The molecule has 3 N–H and O–H groups in total. The van der Waals surface area contributed by atoms with Gasteiger partial charge in [-0.2, -0.15) is 0 Å². The summed E-state index contributed by atoms with van der Waals surface area (Å²) in [4.78, 5) is 23.4. The van der Waals surface area contributed by atoms with Gasteiger partial charge in [0.15, 0.2) is 0 Å². The van der Waals surface area contributed by atoms with Crippen molar-refractivity contribution < 1.29 is 14.7 Å². The highest BCUT2D eigenvalue weighted by Gasteiger charge is 2.39. The Hall–Kier alpha value is -1.10. The van der Waals surface area contributed by atoms with Crippen LogP contribution in [0.4, 0.5) is 0 Å². The predicted molar refractivity (Wildman–Crippen MR) is 71.8 cm³/mol. The van der Waals surface area contributed by atoms with Gasteiger partial charge in [0.2, 0.25) is 5.91 Å². The summed E-state index contributed by atoms with van der Waals surface area (Å²) in [7, 11) is 0. The van der Waals surface area contributed by atoms with E-state index >= 15 is 0 Å². The fraction of sp³-hybridized carbons (Fsp3) is 0.857. The lowest BCUT2D eigenvalue weighted by atomic mass is 9.88. The van der Waals surface area contributed by atoms with Gasteiger partial charge in [0.05, 0.1) is 12.0 Å². The van der Waals surface area contributed by atoms with E-state index in [1.165, 1.54) is 0 Å². The number of carbonyl (C=O) groups is 2. The van der Waals surface area contributed by atoms with Gasteiger partial charge in [-0.1, -0.05) is 12.8 Å². The highest BCUT2D eigenvalue weighted by Crippen LogP contribution is 2.33. The Morgan fingerprint density at radius 3 is 2.63 bits per heavy atom. The third-order valence-corrected chi connectivity index (χ3v) is 4.43. The zero-order valence-electron chi connectivity index (χ0n) is 11.6. The molecule has 0 spiro atoms. The van der Waals surface area contributed by atoms with Crippen molar-refractivity contribution in [2.75, 3.05) is 6.54 Å². The zero-order valence-corrected chi connectivity index (χ0v) is 11.6. The molecule has 1 saturated carbocycles. The number of amides is 1. The van der Waals surface area contributed by atoms with Gasteiger partial charge in [0, 0.05) is 12.0 Å². The molecule has 1 heterocycles. The Balaban J connectivity index is 1.96. The average molecular weight is 268 g/mol. The van der Waals surface area contributed by atoms with E-state index in [9.17, 15) is 9.59 Å². The van der Waals surface area contributed by atoms with Gasteiger partial charge >= 0.3 is 5.97 Å². The highest BCUT2D eigenvalue weighted by molar-refractivity contribution is 5.80. The molecule has 19 heavy (non-hydrogen) atoms. The average Bonchev–Trinajstić information content (AvgIpc) is 2.76. The maximum atomic E-state index is 12.4. The molecular formula is C14H24N2O3. The molecule has 2 rings (SSSR count). The fourth-order valence-corrected chi connectivity index (χ4v) is 3.42. The SMILES string of the molecule is CC1CC(C(=O)NC2(CC(=O)O)CCCC2)CCN1. The van der Waals surface area contributed by atoms with Crippen molar-refractivity contribution in [1.29, 1.82) is 0 Å². The number of carbonyl (C=O) groups excluding carboxylic acids is 1. The molecule has 108 valence electrons. The van der Waals surface area contributed by atoms with E-state index < -0.39 is 11.5 Å². The van der Waals surface area contributed by atoms with Crippen LogP contribution < -0.4 is 10.6 Å². The highest BCUT2D eigenvalue weighted by atomic mass is 16.4. The van der Waals surface area contributed by atoms with Crippen molar-refractivity contribution >= 4 is 11.9 Å². The third-order valence-electron chi connectivity index (χ3n) is 4.43. The minimum absolute atomic E-state index is 0.0301. The van der Waals surface area contributed by atoms with Crippen LogP contribution >= 0.6 is 0 Å². The molecular weight excluding hydrogens is 244 g/mol. The number of nitrogens with one attached hydrogen (secondary N) is 2. The molecule has 1 amide bonds. The quantitative estimate of drug-likeness (QED) is 0.717. The molecule has 0 aromatic heterocycles. The number of piperidine rings is 1. The van der Waals surface area contributed by atoms with Crippen LogP contribution in [-0.4, -0.2) is 35.1 Å². The number of hydrogen-bond acceptors (Lipinski definition) is 3. The van der Waals surface area contributed by atoms with Gasteiger partial charge in [-0.15, -0.1) is 0 Å². The van der Waals surface area contributed by atoms with Crippen LogP contribution in [0.2, 0.25) is 0 Å². The number of aliphatic carboxylic acids is 1. The first-order valence-corrected chi connectivity index (χ1v) is 7.28. The lowest BCUT2D eigenvalue weighted by Gasteiger charge is -2.33. The molecule has 1 saturated heterocycles. The lowest BCUT2D eigenvalue weighted by molar-refractivity contribution is -0.139. The Bertz CT molecular complexity index is 351. The van der Waals surface area contributed by atoms with Crippen LogP contribution in [0.3, 0.4) is 0 Å². The number of carboxylic acid groups (broad SMARTS) is 1. The molecule has 0 radical (unpaired) electrons. The normalized spacial score (nSPS) is 29.9. The van der Waals surface area contributed by atoms with Gasteiger partial charge in [-0.3, -0.25) is 9.59 Å². The standard InChI is InChI=1S/C14H24N2O3/c1-10-8-11(4-7-15-10)13(19)16-14(9-12(17)18)5-2-3-6-14/h10-11,15H,2-9H2,1H3,(H,16,19)(H,17,18). The van der Waals surface area contributed by atoms with Gasteiger partial charge in [-0.05, 0) is 39.2 Å². The first kappa shape index (κ1) is 14.3. The summed E-state index contributed by atoms with van der Waals surface area (Å²) in [6.45, 7) is 2.95. The minimum Gasteiger partial charge on any atom is -0.481 e. The van der Waals surface area contributed by atoms with E-state index in [0.717, 1.165) is 45.1 Å². The molecule has 1 aliphatic carbocycles. The summed E-state index contributed by atoms with van der Waals surface area (Å²) in [5.41, 5.74) is -0.489. The summed E-state index contributed by atoms with van der Waals surface area (Å²) >= 11 is 0. The molecule has 2 fully saturated rings. The van der Waals surface area contributed by atoms with Crippen LogP contribution in [-0.2, 0) is 9.59 Å². The van der Waals surface area contributed by atoms with Crippen LogP contribution in [0.25, 0.3) is 0 Å². The molecule has 1 aliphatic heterocycles. The maximum Gasteiger partial charge on any atom is 0.305 e. The first-order valence-electron chi connectivity index (χ1n) is 7.28. The van der Waals surface area contributed by atoms with E-state index in [1.54, 1.807) is 0 Å². The molecule has 2 aliphatic rings. The molecule has 2 unspecified atom stereocenters. The Labute approximate surface area is 114 Å². The summed E-state index contributed by atoms with van der Waals surface area (Å²) in [6.07, 6.45) is 5.36. The van der Waals surface area contributed by atoms with Crippen molar-refractivity contribution in [2.24, 2.45) is 5.92 Å². The molecule has 0 aromatic rings. The van der Waals surface area contributed by atoms with E-state index in [2.05, 4.69) is 17.6 Å². The topological polar surface area (TPSA) is 78.4 Å². The molecule has 5 nitrogen and oxygen atoms in total. The van der Waals surface area contributed by atoms with Gasteiger partial charge in [0.25, 0.3) is 0 Å². The van der Waals surface area contributed by atoms with E-state index in [-0.39, 0.29) is 18.2 Å². The van der Waals surface area contributed by atoms with Gasteiger partial charge in [0.1, 0.15) is 0 Å². The predicted octanol–water partition coefficient (Wildman–Crippen LogP) is 1.28. The number of hydrogen-bond donors (Lipinski definition) is 3. The fourth-order valence-electron chi connectivity index (χ4n) is 3.42. The smallest absolute Gasteiger partial charge is 0.305 e. The molecule has 0 aromatic carbocycles. The summed E-state index contributed by atoms with van der Waals surface area (Å²) in [5, 5.41) is 15.4. The summed E-state index contributed by atoms with van der Waals surface area (Å²) in [6, 6.07) is 0.364. The Morgan fingerprint density at radius 2 is 2.05 bits per heavy atom.